The molecule has 1 amide bonds. The number of benzene rings is 1. The number of sulfonamides is 1. The van der Waals surface area contributed by atoms with Crippen LogP contribution in [0.15, 0.2) is 23.1 Å². The molecule has 3 aliphatic rings. The summed E-state index contributed by atoms with van der Waals surface area (Å²) in [5, 5.41) is 0. The monoisotopic (exact) mass is 408 g/mol. The second-order valence-corrected chi connectivity index (χ2v) is 9.72. The van der Waals surface area contributed by atoms with Crippen molar-refractivity contribution in [2.45, 2.75) is 43.4 Å². The van der Waals surface area contributed by atoms with Crippen LogP contribution in [0.4, 0.5) is 0 Å². The van der Waals surface area contributed by atoms with E-state index in [1.807, 2.05) is 4.90 Å². The van der Waals surface area contributed by atoms with Crippen LogP contribution in [0.2, 0.25) is 0 Å². The molecule has 0 radical (unpaired) electrons. The number of hydrogen-bond acceptors (Lipinski definition) is 5. The number of piperazine rings is 1. The van der Waals surface area contributed by atoms with Crippen molar-refractivity contribution < 1.29 is 22.7 Å². The predicted octanol–water partition coefficient (Wildman–Crippen LogP) is 2.26. The average Bonchev–Trinajstić information content (AvgIpc) is 3.25. The molecule has 0 spiro atoms. The van der Waals surface area contributed by atoms with Crippen LogP contribution in [-0.2, 0) is 14.8 Å². The highest BCUT2D eigenvalue weighted by Crippen LogP contribution is 2.33. The van der Waals surface area contributed by atoms with Gasteiger partial charge in [0.25, 0.3) is 0 Å². The standard InChI is InChI=1S/C20H28N2O5S/c23-20(8-5-16-3-1-2-4-16)21-9-11-22(12-10-21)28(24,25)17-6-7-18-19(15-17)27-14-13-26-18/h6-7,15-16H,1-5,8-14H2. The average molecular weight is 409 g/mol. The van der Waals surface area contributed by atoms with Gasteiger partial charge >= 0.3 is 0 Å². The minimum Gasteiger partial charge on any atom is -0.486 e. The number of rotatable bonds is 5. The van der Waals surface area contributed by atoms with Crippen LogP contribution >= 0.6 is 0 Å². The van der Waals surface area contributed by atoms with Gasteiger partial charge < -0.3 is 14.4 Å². The molecule has 1 aliphatic carbocycles. The van der Waals surface area contributed by atoms with Gasteiger partial charge in [0.05, 0.1) is 4.90 Å². The van der Waals surface area contributed by atoms with Crippen molar-refractivity contribution in [1.82, 2.24) is 9.21 Å². The van der Waals surface area contributed by atoms with E-state index in [-0.39, 0.29) is 10.8 Å². The lowest BCUT2D eigenvalue weighted by Gasteiger charge is -2.34. The fourth-order valence-corrected chi connectivity index (χ4v) is 5.73. The Bertz CT molecular complexity index is 812. The Kier molecular flexibility index (Phi) is 5.78. The number of amides is 1. The number of carbonyl (C=O) groups is 1. The van der Waals surface area contributed by atoms with E-state index in [1.165, 1.54) is 36.1 Å². The summed E-state index contributed by atoms with van der Waals surface area (Å²) in [6, 6.07) is 4.73. The number of fused-ring (bicyclic) bond motifs is 1. The van der Waals surface area contributed by atoms with Crippen molar-refractivity contribution in [3.8, 4) is 11.5 Å². The third-order valence-corrected chi connectivity index (χ3v) is 7.88. The molecule has 4 rings (SSSR count). The second kappa shape index (κ2) is 8.29. The van der Waals surface area contributed by atoms with E-state index in [0.29, 0.717) is 63.2 Å². The van der Waals surface area contributed by atoms with Gasteiger partial charge in [0.1, 0.15) is 13.2 Å². The Morgan fingerprint density at radius 1 is 1.00 bits per heavy atom. The van der Waals surface area contributed by atoms with E-state index in [1.54, 1.807) is 12.1 Å². The maximum absolute atomic E-state index is 13.0. The van der Waals surface area contributed by atoms with Gasteiger partial charge in [0.2, 0.25) is 15.9 Å². The molecule has 2 fully saturated rings. The maximum Gasteiger partial charge on any atom is 0.243 e. The molecule has 1 aromatic carbocycles. The predicted molar refractivity (Wildman–Crippen MR) is 104 cm³/mol. The van der Waals surface area contributed by atoms with Gasteiger partial charge in [-0.15, -0.1) is 0 Å². The van der Waals surface area contributed by atoms with Gasteiger partial charge in [-0.25, -0.2) is 8.42 Å². The van der Waals surface area contributed by atoms with Gasteiger partial charge in [-0.3, -0.25) is 4.79 Å². The molecule has 8 heteroatoms. The highest BCUT2D eigenvalue weighted by Gasteiger charge is 2.31. The zero-order valence-electron chi connectivity index (χ0n) is 16.1. The first-order chi connectivity index (χ1) is 13.5. The van der Waals surface area contributed by atoms with Gasteiger partial charge in [0, 0.05) is 38.7 Å². The second-order valence-electron chi connectivity index (χ2n) is 7.78. The molecule has 7 nitrogen and oxygen atoms in total. The summed E-state index contributed by atoms with van der Waals surface area (Å²) in [6.45, 7) is 2.44. The van der Waals surface area contributed by atoms with E-state index in [2.05, 4.69) is 0 Å². The Hall–Kier alpha value is -1.80. The summed E-state index contributed by atoms with van der Waals surface area (Å²) in [7, 11) is -3.61. The smallest absolute Gasteiger partial charge is 0.243 e. The Balaban J connectivity index is 1.34. The highest BCUT2D eigenvalue weighted by molar-refractivity contribution is 7.89. The van der Waals surface area contributed by atoms with Crippen LogP contribution in [0.1, 0.15) is 38.5 Å². The topological polar surface area (TPSA) is 76.2 Å². The Labute approximate surface area is 166 Å². The third kappa shape index (κ3) is 4.12. The number of ether oxygens (including phenoxy) is 2. The molecule has 0 aromatic heterocycles. The lowest BCUT2D eigenvalue weighted by atomic mass is 10.0. The van der Waals surface area contributed by atoms with Crippen LogP contribution in [0.3, 0.4) is 0 Å². The molecular weight excluding hydrogens is 380 g/mol. The molecule has 2 heterocycles. The van der Waals surface area contributed by atoms with E-state index in [0.717, 1.165) is 6.42 Å². The summed E-state index contributed by atoms with van der Waals surface area (Å²) < 4.78 is 38.4. The Morgan fingerprint density at radius 3 is 2.39 bits per heavy atom. The molecule has 28 heavy (non-hydrogen) atoms. The van der Waals surface area contributed by atoms with Crippen molar-refractivity contribution >= 4 is 15.9 Å². The van der Waals surface area contributed by atoms with E-state index < -0.39 is 10.0 Å². The molecule has 0 bridgehead atoms. The normalized spacial score (nSPS) is 21.1. The lowest BCUT2D eigenvalue weighted by molar-refractivity contribution is -0.132. The van der Waals surface area contributed by atoms with Crippen LogP contribution < -0.4 is 9.47 Å². The fourth-order valence-electron chi connectivity index (χ4n) is 4.30. The number of nitrogens with zero attached hydrogens (tertiary/aromatic N) is 2. The lowest BCUT2D eigenvalue weighted by Crippen LogP contribution is -2.50. The van der Waals surface area contributed by atoms with Crippen molar-refractivity contribution in [3.05, 3.63) is 18.2 Å². The summed E-state index contributed by atoms with van der Waals surface area (Å²) in [6.07, 6.45) is 6.61. The van der Waals surface area contributed by atoms with Crippen LogP contribution in [-0.4, -0.2) is 62.9 Å². The first kappa shape index (κ1) is 19.5. The largest absolute Gasteiger partial charge is 0.486 e. The first-order valence-electron chi connectivity index (χ1n) is 10.2. The molecule has 1 saturated heterocycles. The summed E-state index contributed by atoms with van der Waals surface area (Å²) in [4.78, 5) is 14.5. The summed E-state index contributed by atoms with van der Waals surface area (Å²) >= 11 is 0. The van der Waals surface area contributed by atoms with E-state index in [4.69, 9.17) is 9.47 Å². The molecule has 1 aromatic rings. The quantitative estimate of drug-likeness (QED) is 0.747. The van der Waals surface area contributed by atoms with Crippen LogP contribution in [0.25, 0.3) is 0 Å². The highest BCUT2D eigenvalue weighted by atomic mass is 32.2. The number of hydrogen-bond donors (Lipinski definition) is 0. The van der Waals surface area contributed by atoms with Crippen molar-refractivity contribution in [1.29, 1.82) is 0 Å². The van der Waals surface area contributed by atoms with Crippen LogP contribution in [0, 0.1) is 5.92 Å². The number of carbonyl (C=O) groups excluding carboxylic acids is 1. The zero-order chi connectivity index (χ0) is 19.6. The minimum absolute atomic E-state index is 0.156. The maximum atomic E-state index is 13.0. The van der Waals surface area contributed by atoms with Crippen molar-refractivity contribution in [2.24, 2.45) is 5.92 Å². The van der Waals surface area contributed by atoms with E-state index in [9.17, 15) is 13.2 Å². The molecule has 0 atom stereocenters. The first-order valence-corrected chi connectivity index (χ1v) is 11.7. The van der Waals surface area contributed by atoms with Gasteiger partial charge in [-0.1, -0.05) is 25.7 Å². The summed E-state index contributed by atoms with van der Waals surface area (Å²) in [5.41, 5.74) is 0. The molecule has 2 aliphatic heterocycles. The summed E-state index contributed by atoms with van der Waals surface area (Å²) in [5.74, 6) is 1.89. The zero-order valence-corrected chi connectivity index (χ0v) is 17.0. The minimum atomic E-state index is -3.61. The van der Waals surface area contributed by atoms with Crippen molar-refractivity contribution in [3.63, 3.8) is 0 Å². The molecule has 154 valence electrons. The molecule has 0 N–H and O–H groups in total. The molecule has 0 unspecified atom stereocenters. The molecular formula is C20H28N2O5S. The van der Waals surface area contributed by atoms with Gasteiger partial charge in [-0.2, -0.15) is 4.31 Å². The molecule has 1 saturated carbocycles. The van der Waals surface area contributed by atoms with E-state index >= 15 is 0 Å². The van der Waals surface area contributed by atoms with Gasteiger partial charge in [-0.05, 0) is 24.5 Å². The third-order valence-electron chi connectivity index (χ3n) is 5.98. The van der Waals surface area contributed by atoms with Crippen molar-refractivity contribution in [2.75, 3.05) is 39.4 Å². The fraction of sp³-hybridized carbons (Fsp3) is 0.650. The van der Waals surface area contributed by atoms with Gasteiger partial charge in [0.15, 0.2) is 11.5 Å². The SMILES string of the molecule is O=C(CCC1CCCC1)N1CCN(S(=O)(=O)c2ccc3c(c2)OCCO3)CC1. The van der Waals surface area contributed by atoms with Crippen LogP contribution in [0.5, 0.6) is 11.5 Å². The Morgan fingerprint density at radius 2 is 1.68 bits per heavy atom.